The van der Waals surface area contributed by atoms with Crippen LogP contribution in [0.25, 0.3) is 11.2 Å². The Bertz CT molecular complexity index is 1590. The molecule has 6 heterocycles. The molecule has 2 aromatic rings. The number of amidine groups is 1. The maximum atomic E-state index is 15.8. The highest BCUT2D eigenvalue weighted by molar-refractivity contribution is 8.44. The minimum atomic E-state index is -4.31. The van der Waals surface area contributed by atoms with Crippen molar-refractivity contribution in [2.75, 3.05) is 13.2 Å². The Morgan fingerprint density at radius 2 is 2.12 bits per heavy atom. The number of carbonyl (C=O) groups is 1. The lowest BCUT2D eigenvalue weighted by Crippen LogP contribution is -2.53. The Morgan fingerprint density at radius 1 is 1.32 bits per heavy atom. The first-order valence-electron chi connectivity index (χ1n) is 12.0. The number of amides is 1. The maximum absolute atomic E-state index is 15.8. The Kier molecular flexibility index (Phi) is 7.59. The summed E-state index contributed by atoms with van der Waals surface area (Å²) in [6.45, 7) is -7.49. The van der Waals surface area contributed by atoms with E-state index in [1.807, 2.05) is 0 Å². The van der Waals surface area contributed by atoms with Crippen molar-refractivity contribution in [1.29, 1.82) is 5.41 Å². The summed E-state index contributed by atoms with van der Waals surface area (Å²) in [5.74, 6) is -0.397. The second kappa shape index (κ2) is 10.8. The van der Waals surface area contributed by atoms with Crippen LogP contribution in [0.5, 0.6) is 0 Å². The Balaban J connectivity index is 1.33. The molecule has 0 spiro atoms. The fourth-order valence-corrected chi connectivity index (χ4v) is 7.07. The molecule has 2 bridgehead atoms. The quantitative estimate of drug-likeness (QED) is 0.247. The summed E-state index contributed by atoms with van der Waals surface area (Å²) in [5.41, 5.74) is 0.833. The van der Waals surface area contributed by atoms with E-state index in [4.69, 9.17) is 40.0 Å². The SMILES string of the molecule is Cc1ncc2nc3n(c2n1)CCOP(O)(=S)OC[C@H]1O[C@@H](N2C=NC4C(=O)NC(=N)N=C42)[C@H](OP(=O)(S)OC3)[C@H]1F. The van der Waals surface area contributed by atoms with Gasteiger partial charge in [-0.25, -0.2) is 23.9 Å². The molecule has 1 fully saturated rings. The van der Waals surface area contributed by atoms with Gasteiger partial charge in [-0.2, -0.15) is 4.99 Å². The number of fused-ring (bicyclic) bond motifs is 6. The third-order valence-corrected chi connectivity index (χ3v) is 9.59. The van der Waals surface area contributed by atoms with Crippen LogP contribution in [-0.4, -0.2) is 97.2 Å². The first-order valence-corrected chi connectivity index (χ1v) is 17.2. The Labute approximate surface area is 240 Å². The predicted molar refractivity (Wildman–Crippen MR) is 146 cm³/mol. The van der Waals surface area contributed by atoms with E-state index in [1.54, 1.807) is 11.5 Å². The zero-order valence-electron chi connectivity index (χ0n) is 20.9. The molecule has 0 radical (unpaired) electrons. The average molecular weight is 650 g/mol. The van der Waals surface area contributed by atoms with Gasteiger partial charge < -0.3 is 23.2 Å². The number of guanidine groups is 1. The fourth-order valence-electron chi connectivity index (χ4n) is 4.57. The minimum absolute atomic E-state index is 0.0313. The standard InChI is InChI=1S/C19H22FN9O8P2S2/c1-8-22-4-9-15(24-8)28-2-3-33-38(31,40)34-5-10-12(20)14(37-39(32,41)35-6-11(28)25-9)18(36-10)29-7-23-13-16(29)26-19(21)27-17(13)30/h4,7,10,12-14,18H,2-3,5-6H2,1H3,(H,31,40)(H,32,41)(H2,21,27,30)/t10-,12+,13?,14-,18-,38?,39?/m1/s1. The summed E-state index contributed by atoms with van der Waals surface area (Å²) >= 11 is 9.16. The van der Waals surface area contributed by atoms with E-state index >= 15 is 4.39 Å². The molecule has 22 heteroatoms. The highest BCUT2D eigenvalue weighted by atomic mass is 32.7. The van der Waals surface area contributed by atoms with Crippen LogP contribution < -0.4 is 5.32 Å². The molecule has 6 rings (SSSR count). The van der Waals surface area contributed by atoms with Gasteiger partial charge in [-0.15, -0.1) is 0 Å². The van der Waals surface area contributed by atoms with Crippen molar-refractivity contribution in [3.05, 3.63) is 17.8 Å². The molecule has 4 aliphatic heterocycles. The lowest BCUT2D eigenvalue weighted by atomic mass is 10.1. The molecule has 3 N–H and O–H groups in total. The van der Waals surface area contributed by atoms with Gasteiger partial charge in [0.05, 0.1) is 25.7 Å². The molecule has 0 aliphatic carbocycles. The molecule has 41 heavy (non-hydrogen) atoms. The van der Waals surface area contributed by atoms with Gasteiger partial charge in [-0.3, -0.25) is 34.5 Å². The molecule has 2 aromatic heterocycles. The third-order valence-electron chi connectivity index (χ3n) is 6.37. The summed E-state index contributed by atoms with van der Waals surface area (Å²) in [6.07, 6.45) is -3.79. The Morgan fingerprint density at radius 3 is 2.93 bits per heavy atom. The van der Waals surface area contributed by atoms with Crippen LogP contribution in [0.15, 0.2) is 16.2 Å². The highest BCUT2D eigenvalue weighted by Gasteiger charge is 2.54. The second-order valence-corrected chi connectivity index (χ2v) is 14.8. The van der Waals surface area contributed by atoms with Crippen LogP contribution in [0.1, 0.15) is 11.6 Å². The molecule has 3 unspecified atom stereocenters. The van der Waals surface area contributed by atoms with Gasteiger partial charge >= 0.3 is 13.5 Å². The van der Waals surface area contributed by atoms with E-state index in [-0.39, 0.29) is 24.8 Å². The number of imidazole rings is 1. The molecule has 0 saturated carbocycles. The van der Waals surface area contributed by atoms with Gasteiger partial charge in [-0.05, 0) is 18.7 Å². The van der Waals surface area contributed by atoms with Gasteiger partial charge in [0.2, 0.25) is 5.96 Å². The number of aliphatic imine (C=N–C) groups is 2. The van der Waals surface area contributed by atoms with Crippen LogP contribution >= 0.6 is 25.8 Å². The first-order chi connectivity index (χ1) is 19.4. The number of alkyl halides is 1. The number of hydrogen-bond acceptors (Lipinski definition) is 14. The average Bonchev–Trinajstić information content (AvgIpc) is 3.55. The zero-order chi connectivity index (χ0) is 29.1. The van der Waals surface area contributed by atoms with Crippen molar-refractivity contribution in [2.24, 2.45) is 9.98 Å². The summed E-state index contributed by atoms with van der Waals surface area (Å²) < 4.78 is 58.6. The number of carbonyl (C=O) groups excluding carboxylic acids is 1. The van der Waals surface area contributed by atoms with Gasteiger partial charge in [0.15, 0.2) is 29.9 Å². The molecule has 4 aliphatic rings. The number of halogens is 1. The summed E-state index contributed by atoms with van der Waals surface area (Å²) in [5, 5.41) is 10.00. The molecule has 7 atom stereocenters. The van der Waals surface area contributed by atoms with Gasteiger partial charge in [0, 0.05) is 6.54 Å². The summed E-state index contributed by atoms with van der Waals surface area (Å²) in [6, 6.07) is -1.12. The molecule has 220 valence electrons. The van der Waals surface area contributed by atoms with E-state index < -0.39 is 69.2 Å². The Hall–Kier alpha value is -2.25. The molecular formula is C19H22FN9O8P2S2. The number of aromatic nitrogens is 4. The monoisotopic (exact) mass is 649 g/mol. The van der Waals surface area contributed by atoms with E-state index in [0.29, 0.717) is 17.0 Å². The number of nitrogens with zero attached hydrogens (tertiary/aromatic N) is 7. The predicted octanol–water partition coefficient (Wildman–Crippen LogP) is 0.577. The molecule has 1 saturated heterocycles. The summed E-state index contributed by atoms with van der Waals surface area (Å²) in [7, 11) is 0. The lowest BCUT2D eigenvalue weighted by molar-refractivity contribution is -0.119. The topological polar surface area (TPSA) is 208 Å². The highest BCUT2D eigenvalue weighted by Crippen LogP contribution is 2.57. The van der Waals surface area contributed by atoms with E-state index in [2.05, 4.69) is 42.5 Å². The van der Waals surface area contributed by atoms with Gasteiger partial charge in [0.25, 0.3) is 5.91 Å². The van der Waals surface area contributed by atoms with Crippen LogP contribution in [0.2, 0.25) is 0 Å². The van der Waals surface area contributed by atoms with Crippen LogP contribution in [-0.2, 0) is 57.1 Å². The van der Waals surface area contributed by atoms with Crippen LogP contribution in [0, 0.1) is 12.3 Å². The molecule has 17 nitrogen and oxygen atoms in total. The van der Waals surface area contributed by atoms with Crippen molar-refractivity contribution in [3.63, 3.8) is 0 Å². The van der Waals surface area contributed by atoms with Crippen LogP contribution in [0.4, 0.5) is 4.39 Å². The van der Waals surface area contributed by atoms with E-state index in [9.17, 15) is 14.3 Å². The van der Waals surface area contributed by atoms with E-state index in [1.165, 1.54) is 17.4 Å². The van der Waals surface area contributed by atoms with Crippen molar-refractivity contribution >= 4 is 72.8 Å². The minimum Gasteiger partial charge on any atom is -0.346 e. The molecule has 0 aromatic carbocycles. The normalized spacial score (nSPS) is 36.3. The zero-order valence-corrected chi connectivity index (χ0v) is 24.4. The number of thiol groups is 1. The van der Waals surface area contributed by atoms with Gasteiger partial charge in [-0.1, -0.05) is 12.2 Å². The van der Waals surface area contributed by atoms with Crippen molar-refractivity contribution in [3.8, 4) is 0 Å². The van der Waals surface area contributed by atoms with Crippen molar-refractivity contribution < 1.29 is 41.5 Å². The number of aryl methyl sites for hydroxylation is 1. The number of hydrogen-bond donors (Lipinski definition) is 4. The third kappa shape index (κ3) is 5.73. The van der Waals surface area contributed by atoms with Crippen molar-refractivity contribution in [2.45, 2.75) is 50.7 Å². The fraction of sp³-hybridized carbons (Fsp3) is 0.526. The van der Waals surface area contributed by atoms with E-state index in [0.717, 1.165) is 0 Å². The number of ether oxygens (including phenoxy) is 1. The second-order valence-electron chi connectivity index (χ2n) is 9.11. The maximum Gasteiger partial charge on any atom is 0.387 e. The molecule has 1 amide bonds. The van der Waals surface area contributed by atoms with Crippen molar-refractivity contribution in [1.82, 2.24) is 29.7 Å². The van der Waals surface area contributed by atoms with Gasteiger partial charge in [0.1, 0.15) is 36.0 Å². The summed E-state index contributed by atoms with van der Waals surface area (Å²) in [4.78, 5) is 45.1. The largest absolute Gasteiger partial charge is 0.387 e. The van der Waals surface area contributed by atoms with Crippen LogP contribution in [0.3, 0.4) is 0 Å². The lowest BCUT2D eigenvalue weighted by Gasteiger charge is -2.30. The first kappa shape index (κ1) is 28.9. The number of rotatable bonds is 1. The molecular weight excluding hydrogens is 627 g/mol. The number of nitrogens with one attached hydrogen (secondary N) is 2. The smallest absolute Gasteiger partial charge is 0.346 e.